The van der Waals surface area contributed by atoms with Crippen molar-refractivity contribution < 1.29 is 19.1 Å². The van der Waals surface area contributed by atoms with Crippen LogP contribution in [0.1, 0.15) is 23.1 Å². The summed E-state index contributed by atoms with van der Waals surface area (Å²) >= 11 is 1.29. The molecule has 34 heavy (non-hydrogen) atoms. The molecule has 0 fully saturated rings. The lowest BCUT2D eigenvalue weighted by Gasteiger charge is -2.11. The first kappa shape index (κ1) is 23.3. The third kappa shape index (κ3) is 5.37. The maximum atomic E-state index is 12.4. The average molecular weight is 477 g/mol. The van der Waals surface area contributed by atoms with Gasteiger partial charge in [-0.2, -0.15) is 0 Å². The van der Waals surface area contributed by atoms with Crippen LogP contribution in [0.2, 0.25) is 0 Å². The zero-order chi connectivity index (χ0) is 23.9. The Labute approximate surface area is 201 Å². The number of ether oxygens (including phenoxy) is 2. The van der Waals surface area contributed by atoms with Crippen LogP contribution < -0.4 is 10.1 Å². The maximum absolute atomic E-state index is 12.4. The van der Waals surface area contributed by atoms with Crippen molar-refractivity contribution in [3.05, 3.63) is 78.1 Å². The van der Waals surface area contributed by atoms with Crippen LogP contribution in [0.4, 0.5) is 5.69 Å². The van der Waals surface area contributed by atoms with Gasteiger partial charge in [-0.3, -0.25) is 4.79 Å². The highest BCUT2D eigenvalue weighted by Crippen LogP contribution is 2.26. The molecular formula is C25H24N4O4S. The molecule has 0 aliphatic heterocycles. The van der Waals surface area contributed by atoms with E-state index in [4.69, 9.17) is 9.47 Å². The zero-order valence-corrected chi connectivity index (χ0v) is 19.7. The van der Waals surface area contributed by atoms with Gasteiger partial charge in [0.25, 0.3) is 0 Å². The van der Waals surface area contributed by atoms with Crippen LogP contribution in [0.5, 0.6) is 5.75 Å². The molecule has 0 bridgehead atoms. The summed E-state index contributed by atoms with van der Waals surface area (Å²) in [5.74, 6) is 0.937. The third-order valence-corrected chi connectivity index (χ3v) is 6.08. The molecule has 0 radical (unpaired) electrons. The molecular weight excluding hydrogens is 452 g/mol. The standard InChI is InChI=1S/C25H24N4O4S/c1-3-29-22(15-33-21-13-7-9-17-8-4-5-12-20(17)21)27-28-25(29)34-16-23(30)26-19-11-6-10-18(14-19)24(31)32-2/h4-14H,3,15-16H2,1-2H3,(H,26,30). The Kier molecular flexibility index (Phi) is 7.44. The Morgan fingerprint density at radius 1 is 1.03 bits per heavy atom. The fraction of sp³-hybridized carbons (Fsp3) is 0.200. The number of hydrogen-bond acceptors (Lipinski definition) is 7. The number of methoxy groups -OCH3 is 1. The second-order valence-electron chi connectivity index (χ2n) is 7.32. The molecule has 0 unspecified atom stereocenters. The van der Waals surface area contributed by atoms with Crippen LogP contribution >= 0.6 is 11.8 Å². The van der Waals surface area contributed by atoms with Gasteiger partial charge in [0.1, 0.15) is 12.4 Å². The van der Waals surface area contributed by atoms with Gasteiger partial charge in [-0.05, 0) is 36.6 Å². The summed E-state index contributed by atoms with van der Waals surface area (Å²) in [6.45, 7) is 2.90. The number of hydrogen-bond donors (Lipinski definition) is 1. The van der Waals surface area contributed by atoms with Crippen LogP contribution in [-0.4, -0.2) is 39.5 Å². The largest absolute Gasteiger partial charge is 0.485 e. The van der Waals surface area contributed by atoms with Crippen molar-refractivity contribution in [3.8, 4) is 5.75 Å². The minimum Gasteiger partial charge on any atom is -0.485 e. The number of thioether (sulfide) groups is 1. The molecule has 1 amide bonds. The van der Waals surface area contributed by atoms with Gasteiger partial charge in [0, 0.05) is 17.6 Å². The summed E-state index contributed by atoms with van der Waals surface area (Å²) in [5, 5.41) is 14.1. The van der Waals surface area contributed by atoms with Gasteiger partial charge in [0.15, 0.2) is 11.0 Å². The second-order valence-corrected chi connectivity index (χ2v) is 8.26. The van der Waals surface area contributed by atoms with Gasteiger partial charge < -0.3 is 19.4 Å². The quantitative estimate of drug-likeness (QED) is 0.280. The minimum absolute atomic E-state index is 0.144. The van der Waals surface area contributed by atoms with E-state index < -0.39 is 5.97 Å². The second kappa shape index (κ2) is 10.8. The Morgan fingerprint density at radius 3 is 2.65 bits per heavy atom. The molecule has 174 valence electrons. The number of carbonyl (C=O) groups is 2. The molecule has 8 nitrogen and oxygen atoms in total. The highest BCUT2D eigenvalue weighted by atomic mass is 32.2. The fourth-order valence-corrected chi connectivity index (χ4v) is 4.30. The molecule has 9 heteroatoms. The number of rotatable bonds is 9. The molecule has 0 saturated carbocycles. The van der Waals surface area contributed by atoms with Gasteiger partial charge in [-0.1, -0.05) is 54.2 Å². The number of carbonyl (C=O) groups excluding carboxylic acids is 2. The summed E-state index contributed by atoms with van der Waals surface area (Å²) in [6, 6.07) is 20.6. The van der Waals surface area contributed by atoms with Crippen LogP contribution in [0.25, 0.3) is 10.8 Å². The monoisotopic (exact) mass is 476 g/mol. The van der Waals surface area contributed by atoms with E-state index in [-0.39, 0.29) is 18.3 Å². The molecule has 0 aliphatic rings. The molecule has 3 aromatic carbocycles. The van der Waals surface area contributed by atoms with Gasteiger partial charge in [-0.25, -0.2) is 4.79 Å². The highest BCUT2D eigenvalue weighted by molar-refractivity contribution is 7.99. The van der Waals surface area contributed by atoms with Crippen molar-refractivity contribution in [3.63, 3.8) is 0 Å². The molecule has 1 N–H and O–H groups in total. The number of nitrogens with one attached hydrogen (secondary N) is 1. The molecule has 0 saturated heterocycles. The first-order valence-corrected chi connectivity index (χ1v) is 11.7. The van der Waals surface area contributed by atoms with Gasteiger partial charge in [0.05, 0.1) is 18.4 Å². The summed E-state index contributed by atoms with van der Waals surface area (Å²) in [7, 11) is 1.31. The van der Waals surface area contributed by atoms with Crippen LogP contribution in [0.15, 0.2) is 71.9 Å². The van der Waals surface area contributed by atoms with E-state index in [1.165, 1.54) is 18.9 Å². The Morgan fingerprint density at radius 2 is 1.82 bits per heavy atom. The Hall–Kier alpha value is -3.85. The molecule has 0 aliphatic carbocycles. The Bertz CT molecular complexity index is 1320. The van der Waals surface area contributed by atoms with Gasteiger partial charge in [-0.15, -0.1) is 10.2 Å². The molecule has 4 rings (SSSR count). The molecule has 1 heterocycles. The van der Waals surface area contributed by atoms with E-state index in [2.05, 4.69) is 15.5 Å². The van der Waals surface area contributed by atoms with Crippen molar-refractivity contribution in [2.75, 3.05) is 18.2 Å². The molecule has 0 atom stereocenters. The zero-order valence-electron chi connectivity index (χ0n) is 18.9. The van der Waals surface area contributed by atoms with Crippen molar-refractivity contribution in [2.45, 2.75) is 25.2 Å². The smallest absolute Gasteiger partial charge is 0.337 e. The predicted octanol–water partition coefficient (Wildman–Crippen LogP) is 4.55. The number of esters is 1. The van der Waals surface area contributed by atoms with Crippen LogP contribution in [0.3, 0.4) is 0 Å². The number of aromatic nitrogens is 3. The number of fused-ring (bicyclic) bond motifs is 1. The van der Waals surface area contributed by atoms with E-state index in [0.29, 0.717) is 28.8 Å². The summed E-state index contributed by atoms with van der Waals surface area (Å²) < 4.78 is 12.7. The minimum atomic E-state index is -0.459. The Balaban J connectivity index is 1.38. The van der Waals surface area contributed by atoms with Crippen molar-refractivity contribution in [1.29, 1.82) is 0 Å². The highest BCUT2D eigenvalue weighted by Gasteiger charge is 2.15. The summed E-state index contributed by atoms with van der Waals surface area (Å²) in [5.41, 5.74) is 0.893. The molecule has 1 aromatic heterocycles. The molecule has 4 aromatic rings. The first-order valence-electron chi connectivity index (χ1n) is 10.7. The fourth-order valence-electron chi connectivity index (χ4n) is 3.48. The van der Waals surface area contributed by atoms with Crippen molar-refractivity contribution in [2.24, 2.45) is 0 Å². The lowest BCUT2D eigenvalue weighted by atomic mass is 10.1. The average Bonchev–Trinajstić information content (AvgIpc) is 3.27. The normalized spacial score (nSPS) is 10.8. The number of nitrogens with zero attached hydrogens (tertiary/aromatic N) is 3. The van der Waals surface area contributed by atoms with E-state index in [9.17, 15) is 9.59 Å². The van der Waals surface area contributed by atoms with Crippen molar-refractivity contribution >= 4 is 40.1 Å². The SMILES string of the molecule is CCn1c(COc2cccc3ccccc23)nnc1SCC(=O)Nc1cccc(C(=O)OC)c1. The lowest BCUT2D eigenvalue weighted by Crippen LogP contribution is -2.15. The van der Waals surface area contributed by atoms with Crippen LogP contribution in [0, 0.1) is 0 Å². The summed E-state index contributed by atoms with van der Waals surface area (Å²) in [4.78, 5) is 24.1. The predicted molar refractivity (Wildman–Crippen MR) is 131 cm³/mol. The topological polar surface area (TPSA) is 95.3 Å². The summed E-state index contributed by atoms with van der Waals surface area (Å²) in [6.07, 6.45) is 0. The van der Waals surface area contributed by atoms with Crippen LogP contribution in [-0.2, 0) is 22.7 Å². The maximum Gasteiger partial charge on any atom is 0.337 e. The van der Waals surface area contributed by atoms with E-state index in [1.807, 2.05) is 54.0 Å². The number of anilines is 1. The van der Waals surface area contributed by atoms with Gasteiger partial charge in [0.2, 0.25) is 5.91 Å². The first-order chi connectivity index (χ1) is 16.6. The van der Waals surface area contributed by atoms with Crippen molar-refractivity contribution in [1.82, 2.24) is 14.8 Å². The van der Waals surface area contributed by atoms with E-state index >= 15 is 0 Å². The number of benzene rings is 3. The number of amides is 1. The molecule has 0 spiro atoms. The van der Waals surface area contributed by atoms with E-state index in [1.54, 1.807) is 24.3 Å². The van der Waals surface area contributed by atoms with Gasteiger partial charge >= 0.3 is 5.97 Å². The van der Waals surface area contributed by atoms with E-state index in [0.717, 1.165) is 16.5 Å². The third-order valence-electron chi connectivity index (χ3n) is 5.12. The lowest BCUT2D eigenvalue weighted by molar-refractivity contribution is -0.113.